The van der Waals surface area contributed by atoms with Gasteiger partial charge in [0.1, 0.15) is 29.0 Å². The SMILES string of the molecule is CC(C)c1ccc(C2C(C#N)=C(N)Oc3cc(OC(=O)c4ccc(F)cc4)ccc32)cc1. The molecule has 1 atom stereocenters. The summed E-state index contributed by atoms with van der Waals surface area (Å²) in [6.07, 6.45) is 0. The van der Waals surface area contributed by atoms with E-state index < -0.39 is 17.7 Å². The Bertz CT molecular complexity index is 1240. The fraction of sp³-hybridized carbons (Fsp3) is 0.154. The number of carbonyl (C=O) groups is 1. The fourth-order valence-electron chi connectivity index (χ4n) is 3.67. The second kappa shape index (κ2) is 8.56. The van der Waals surface area contributed by atoms with Crippen LogP contribution in [-0.2, 0) is 0 Å². The average Bonchev–Trinajstić information content (AvgIpc) is 2.78. The van der Waals surface area contributed by atoms with Crippen LogP contribution in [0.4, 0.5) is 4.39 Å². The van der Waals surface area contributed by atoms with Crippen molar-refractivity contribution in [1.29, 1.82) is 5.26 Å². The maximum atomic E-state index is 13.1. The molecule has 5 nitrogen and oxygen atoms in total. The van der Waals surface area contributed by atoms with E-state index in [4.69, 9.17) is 15.2 Å². The Morgan fingerprint density at radius 3 is 2.41 bits per heavy atom. The van der Waals surface area contributed by atoms with Gasteiger partial charge in [0, 0.05) is 11.6 Å². The molecule has 2 N–H and O–H groups in total. The van der Waals surface area contributed by atoms with Gasteiger partial charge in [-0.2, -0.15) is 5.26 Å². The zero-order chi connectivity index (χ0) is 22.8. The number of hydrogen-bond donors (Lipinski definition) is 1. The van der Waals surface area contributed by atoms with Crippen molar-refractivity contribution in [2.75, 3.05) is 0 Å². The standard InChI is InChI=1S/C26H21FN2O3/c1-15(2)16-3-5-17(6-4-16)24-21-12-11-20(13-23(21)32-25(29)22(24)14-28)31-26(30)18-7-9-19(27)10-8-18/h3-13,15,24H,29H2,1-2H3. The van der Waals surface area contributed by atoms with Crippen molar-refractivity contribution in [3.05, 3.63) is 106 Å². The molecule has 0 radical (unpaired) electrons. The quantitative estimate of drug-likeness (QED) is 0.445. The first-order chi connectivity index (χ1) is 15.4. The van der Waals surface area contributed by atoms with Crippen LogP contribution in [0.25, 0.3) is 0 Å². The number of esters is 1. The maximum Gasteiger partial charge on any atom is 0.343 e. The Kier molecular flexibility index (Phi) is 5.65. The first-order valence-corrected chi connectivity index (χ1v) is 10.2. The van der Waals surface area contributed by atoms with Crippen LogP contribution < -0.4 is 15.2 Å². The van der Waals surface area contributed by atoms with Gasteiger partial charge in [0.05, 0.1) is 11.5 Å². The lowest BCUT2D eigenvalue weighted by molar-refractivity contribution is 0.0734. The lowest BCUT2D eigenvalue weighted by Gasteiger charge is -2.27. The predicted octanol–water partition coefficient (Wildman–Crippen LogP) is 5.39. The minimum absolute atomic E-state index is 0.0138. The van der Waals surface area contributed by atoms with Crippen molar-refractivity contribution in [3.63, 3.8) is 0 Å². The normalized spacial score (nSPS) is 15.0. The Morgan fingerprint density at radius 2 is 1.78 bits per heavy atom. The molecule has 1 aliphatic rings. The molecule has 0 aliphatic carbocycles. The van der Waals surface area contributed by atoms with E-state index >= 15 is 0 Å². The number of nitrogens with zero attached hydrogens (tertiary/aromatic N) is 1. The van der Waals surface area contributed by atoms with Gasteiger partial charge in [-0.25, -0.2) is 9.18 Å². The molecule has 0 saturated heterocycles. The van der Waals surface area contributed by atoms with Crippen LogP contribution in [-0.4, -0.2) is 5.97 Å². The third-order valence-electron chi connectivity index (χ3n) is 5.42. The van der Waals surface area contributed by atoms with E-state index in [-0.39, 0.29) is 17.2 Å². The summed E-state index contributed by atoms with van der Waals surface area (Å²) in [6.45, 7) is 4.23. The zero-order valence-corrected chi connectivity index (χ0v) is 17.6. The molecule has 0 bridgehead atoms. The number of rotatable bonds is 4. The molecule has 1 unspecified atom stereocenters. The van der Waals surface area contributed by atoms with Gasteiger partial charge < -0.3 is 15.2 Å². The van der Waals surface area contributed by atoms with Crippen LogP contribution >= 0.6 is 0 Å². The monoisotopic (exact) mass is 428 g/mol. The highest BCUT2D eigenvalue weighted by atomic mass is 19.1. The summed E-state index contributed by atoms with van der Waals surface area (Å²) in [4.78, 5) is 12.4. The van der Waals surface area contributed by atoms with Gasteiger partial charge >= 0.3 is 5.97 Å². The molecule has 32 heavy (non-hydrogen) atoms. The molecule has 1 aliphatic heterocycles. The van der Waals surface area contributed by atoms with Gasteiger partial charge in [-0.15, -0.1) is 0 Å². The second-order valence-electron chi connectivity index (χ2n) is 7.84. The molecule has 160 valence electrons. The largest absolute Gasteiger partial charge is 0.440 e. The van der Waals surface area contributed by atoms with Gasteiger partial charge in [-0.3, -0.25) is 0 Å². The maximum absolute atomic E-state index is 13.1. The number of fused-ring (bicyclic) bond motifs is 1. The number of benzene rings is 3. The summed E-state index contributed by atoms with van der Waals surface area (Å²) in [5, 5.41) is 9.72. The van der Waals surface area contributed by atoms with Crippen LogP contribution in [0, 0.1) is 17.1 Å². The summed E-state index contributed by atoms with van der Waals surface area (Å²) >= 11 is 0. The average molecular weight is 428 g/mol. The number of nitrogens with two attached hydrogens (primary N) is 1. The fourth-order valence-corrected chi connectivity index (χ4v) is 3.67. The molecular weight excluding hydrogens is 407 g/mol. The molecule has 3 aromatic rings. The summed E-state index contributed by atoms with van der Waals surface area (Å²) < 4.78 is 24.2. The Hall–Kier alpha value is -4.11. The predicted molar refractivity (Wildman–Crippen MR) is 118 cm³/mol. The second-order valence-corrected chi connectivity index (χ2v) is 7.84. The zero-order valence-electron chi connectivity index (χ0n) is 17.6. The Morgan fingerprint density at radius 1 is 1.09 bits per heavy atom. The third-order valence-corrected chi connectivity index (χ3v) is 5.42. The number of ether oxygens (including phenoxy) is 2. The molecule has 0 amide bonds. The lowest BCUT2D eigenvalue weighted by atomic mass is 9.83. The molecule has 0 aromatic heterocycles. The van der Waals surface area contributed by atoms with Gasteiger partial charge in [0.2, 0.25) is 5.88 Å². The first-order valence-electron chi connectivity index (χ1n) is 10.2. The number of halogens is 1. The van der Waals surface area contributed by atoms with Crippen LogP contribution in [0.15, 0.2) is 78.2 Å². The van der Waals surface area contributed by atoms with E-state index in [9.17, 15) is 14.4 Å². The molecule has 0 fully saturated rings. The van der Waals surface area contributed by atoms with Crippen molar-refractivity contribution < 1.29 is 18.7 Å². The molecule has 6 heteroatoms. The van der Waals surface area contributed by atoms with E-state index in [1.807, 2.05) is 24.3 Å². The van der Waals surface area contributed by atoms with Crippen molar-refractivity contribution >= 4 is 5.97 Å². The van der Waals surface area contributed by atoms with E-state index in [2.05, 4.69) is 19.9 Å². The van der Waals surface area contributed by atoms with Crippen LogP contribution in [0.2, 0.25) is 0 Å². The van der Waals surface area contributed by atoms with Crippen LogP contribution in [0.3, 0.4) is 0 Å². The smallest absolute Gasteiger partial charge is 0.343 e. The first kappa shape index (κ1) is 21.1. The molecule has 0 spiro atoms. The van der Waals surface area contributed by atoms with E-state index in [0.29, 0.717) is 17.2 Å². The molecular formula is C26H21FN2O3. The van der Waals surface area contributed by atoms with E-state index in [0.717, 1.165) is 11.1 Å². The Balaban J connectivity index is 1.67. The summed E-state index contributed by atoms with van der Waals surface area (Å²) in [6, 6.07) is 20.3. The van der Waals surface area contributed by atoms with Crippen LogP contribution in [0.5, 0.6) is 11.5 Å². The van der Waals surface area contributed by atoms with Gasteiger partial charge in [-0.1, -0.05) is 44.2 Å². The van der Waals surface area contributed by atoms with E-state index in [1.165, 1.54) is 29.8 Å². The number of allylic oxidation sites excluding steroid dienone is 1. The number of carbonyl (C=O) groups excluding carboxylic acids is 1. The highest BCUT2D eigenvalue weighted by Crippen LogP contribution is 2.43. The molecule has 3 aromatic carbocycles. The topological polar surface area (TPSA) is 85.3 Å². The summed E-state index contributed by atoms with van der Waals surface area (Å²) in [5.41, 5.74) is 9.46. The Labute approximate surface area is 185 Å². The van der Waals surface area contributed by atoms with Crippen molar-refractivity contribution in [1.82, 2.24) is 0 Å². The number of nitriles is 1. The minimum atomic E-state index is -0.622. The molecule has 4 rings (SSSR count). The minimum Gasteiger partial charge on any atom is -0.440 e. The van der Waals surface area contributed by atoms with Gasteiger partial charge in [0.15, 0.2) is 0 Å². The third kappa shape index (κ3) is 4.06. The van der Waals surface area contributed by atoms with Gasteiger partial charge in [-0.05, 0) is 47.4 Å². The number of hydrogen-bond acceptors (Lipinski definition) is 5. The van der Waals surface area contributed by atoms with Gasteiger partial charge in [0.25, 0.3) is 0 Å². The lowest BCUT2D eigenvalue weighted by Crippen LogP contribution is -2.21. The highest BCUT2D eigenvalue weighted by molar-refractivity contribution is 5.91. The summed E-state index contributed by atoms with van der Waals surface area (Å²) in [7, 11) is 0. The molecule has 0 saturated carbocycles. The van der Waals surface area contributed by atoms with Crippen molar-refractivity contribution in [2.24, 2.45) is 5.73 Å². The van der Waals surface area contributed by atoms with Crippen molar-refractivity contribution in [3.8, 4) is 17.6 Å². The van der Waals surface area contributed by atoms with Crippen molar-refractivity contribution in [2.45, 2.75) is 25.7 Å². The van der Waals surface area contributed by atoms with Crippen LogP contribution in [0.1, 0.15) is 52.7 Å². The molecule has 1 heterocycles. The van der Waals surface area contributed by atoms with E-state index in [1.54, 1.807) is 18.2 Å². The summed E-state index contributed by atoms with van der Waals surface area (Å²) in [5.74, 6) is -0.397. The highest BCUT2D eigenvalue weighted by Gasteiger charge is 2.31.